The second-order valence-corrected chi connectivity index (χ2v) is 8.52. The Hall–Kier alpha value is -4.14. The third kappa shape index (κ3) is 4.75. The van der Waals surface area contributed by atoms with Crippen LogP contribution in [0.5, 0.6) is 11.5 Å². The van der Waals surface area contributed by atoms with Crippen LogP contribution < -0.4 is 19.7 Å². The number of hydrogen-bond acceptors (Lipinski definition) is 7. The monoisotopic (exact) mass is 472 g/mol. The van der Waals surface area contributed by atoms with Gasteiger partial charge in [-0.1, -0.05) is 6.07 Å². The maximum absolute atomic E-state index is 12.7. The van der Waals surface area contributed by atoms with Gasteiger partial charge < -0.3 is 19.7 Å². The van der Waals surface area contributed by atoms with Gasteiger partial charge in [0.2, 0.25) is 5.91 Å². The van der Waals surface area contributed by atoms with Crippen LogP contribution in [0.4, 0.5) is 5.82 Å². The van der Waals surface area contributed by atoms with E-state index in [2.05, 4.69) is 20.2 Å². The Morgan fingerprint density at radius 2 is 1.91 bits per heavy atom. The molecule has 9 heteroatoms. The summed E-state index contributed by atoms with van der Waals surface area (Å²) in [6.45, 7) is 2.02. The Bertz CT molecular complexity index is 1320. The molecule has 4 heterocycles. The first-order valence-corrected chi connectivity index (χ1v) is 11.6. The van der Waals surface area contributed by atoms with Gasteiger partial charge in [0, 0.05) is 55.9 Å². The molecule has 1 aromatic carbocycles. The average molecular weight is 473 g/mol. The summed E-state index contributed by atoms with van der Waals surface area (Å²) in [6.07, 6.45) is 8.67. The van der Waals surface area contributed by atoms with Crippen LogP contribution in [0.3, 0.4) is 0 Å². The molecule has 9 nitrogen and oxygen atoms in total. The minimum absolute atomic E-state index is 0.00473. The van der Waals surface area contributed by atoms with Crippen LogP contribution in [0.1, 0.15) is 18.4 Å². The van der Waals surface area contributed by atoms with Crippen molar-refractivity contribution in [3.05, 3.63) is 66.7 Å². The van der Waals surface area contributed by atoms with E-state index in [0.29, 0.717) is 18.0 Å². The Balaban J connectivity index is 1.29. The fourth-order valence-electron chi connectivity index (χ4n) is 4.48. The van der Waals surface area contributed by atoms with Gasteiger partial charge in [-0.2, -0.15) is 5.10 Å². The normalized spacial score (nSPS) is 14.2. The lowest BCUT2D eigenvalue weighted by molar-refractivity contribution is -0.125. The van der Waals surface area contributed by atoms with Gasteiger partial charge in [-0.05, 0) is 48.7 Å². The molecule has 1 aliphatic rings. The van der Waals surface area contributed by atoms with Gasteiger partial charge in [-0.25, -0.2) is 9.50 Å². The summed E-state index contributed by atoms with van der Waals surface area (Å²) >= 11 is 0. The van der Waals surface area contributed by atoms with Crippen molar-refractivity contribution in [3.63, 3.8) is 0 Å². The van der Waals surface area contributed by atoms with E-state index in [1.807, 2.05) is 47.1 Å². The van der Waals surface area contributed by atoms with Crippen LogP contribution in [-0.4, -0.2) is 52.8 Å². The maximum Gasteiger partial charge on any atom is 0.223 e. The molecule has 0 unspecified atom stereocenters. The highest BCUT2D eigenvalue weighted by atomic mass is 16.5. The van der Waals surface area contributed by atoms with Crippen molar-refractivity contribution < 1.29 is 14.3 Å². The summed E-state index contributed by atoms with van der Waals surface area (Å²) in [6, 6.07) is 11.6. The molecule has 0 atom stereocenters. The number of carbonyl (C=O) groups is 1. The van der Waals surface area contributed by atoms with Crippen molar-refractivity contribution >= 4 is 17.2 Å². The molecule has 0 aliphatic carbocycles. The third-order valence-electron chi connectivity index (χ3n) is 6.40. The van der Waals surface area contributed by atoms with Crippen molar-refractivity contribution in [1.82, 2.24) is 24.9 Å². The minimum Gasteiger partial charge on any atom is -0.493 e. The number of benzene rings is 1. The van der Waals surface area contributed by atoms with E-state index < -0.39 is 0 Å². The van der Waals surface area contributed by atoms with Crippen LogP contribution >= 0.6 is 0 Å². The Morgan fingerprint density at radius 1 is 1.09 bits per heavy atom. The summed E-state index contributed by atoms with van der Waals surface area (Å²) in [5.74, 6) is 2.30. The highest BCUT2D eigenvalue weighted by Gasteiger charge is 2.27. The summed E-state index contributed by atoms with van der Waals surface area (Å²) in [5.41, 5.74) is 3.68. The molecule has 1 fully saturated rings. The van der Waals surface area contributed by atoms with Gasteiger partial charge in [0.25, 0.3) is 0 Å². The zero-order valence-electron chi connectivity index (χ0n) is 19.8. The molecule has 0 radical (unpaired) electrons. The van der Waals surface area contributed by atoms with E-state index in [-0.39, 0.29) is 11.8 Å². The molecule has 1 amide bonds. The van der Waals surface area contributed by atoms with Gasteiger partial charge in [0.15, 0.2) is 17.3 Å². The average Bonchev–Trinajstić information content (AvgIpc) is 3.36. The highest BCUT2D eigenvalue weighted by molar-refractivity contribution is 5.80. The minimum atomic E-state index is -0.00473. The molecule has 4 aromatic rings. The van der Waals surface area contributed by atoms with Crippen LogP contribution in [-0.2, 0) is 11.3 Å². The molecule has 35 heavy (non-hydrogen) atoms. The van der Waals surface area contributed by atoms with Gasteiger partial charge in [0.1, 0.15) is 5.52 Å². The SMILES string of the molecule is COc1ccc(-c2cc3c(N4CCC(C(=O)NCc5cccnc5)CC4)nccn3n2)cc1OC. The van der Waals surface area contributed by atoms with Gasteiger partial charge in [-0.3, -0.25) is 9.78 Å². The largest absolute Gasteiger partial charge is 0.493 e. The molecule has 1 aliphatic heterocycles. The quantitative estimate of drug-likeness (QED) is 0.441. The zero-order chi connectivity index (χ0) is 24.2. The van der Waals surface area contributed by atoms with Crippen LogP contribution in [0.15, 0.2) is 61.2 Å². The van der Waals surface area contributed by atoms with E-state index >= 15 is 0 Å². The summed E-state index contributed by atoms with van der Waals surface area (Å²) in [5, 5.41) is 7.80. The van der Waals surface area contributed by atoms with Gasteiger partial charge in [-0.15, -0.1) is 0 Å². The molecule has 0 bridgehead atoms. The number of anilines is 1. The third-order valence-corrected chi connectivity index (χ3v) is 6.40. The fourth-order valence-corrected chi connectivity index (χ4v) is 4.48. The van der Waals surface area contributed by atoms with Gasteiger partial charge in [0.05, 0.1) is 19.9 Å². The van der Waals surface area contributed by atoms with E-state index in [4.69, 9.17) is 14.6 Å². The first-order chi connectivity index (χ1) is 17.2. The van der Waals surface area contributed by atoms with Crippen molar-refractivity contribution in [2.75, 3.05) is 32.2 Å². The highest BCUT2D eigenvalue weighted by Crippen LogP contribution is 2.33. The smallest absolute Gasteiger partial charge is 0.223 e. The van der Waals surface area contributed by atoms with Crippen molar-refractivity contribution in [2.24, 2.45) is 5.92 Å². The van der Waals surface area contributed by atoms with Crippen molar-refractivity contribution in [2.45, 2.75) is 19.4 Å². The van der Waals surface area contributed by atoms with Crippen LogP contribution in [0.2, 0.25) is 0 Å². The molecular weight excluding hydrogens is 444 g/mol. The number of fused-ring (bicyclic) bond motifs is 1. The molecule has 5 rings (SSSR count). The summed E-state index contributed by atoms with van der Waals surface area (Å²) in [7, 11) is 3.24. The number of hydrogen-bond donors (Lipinski definition) is 1. The van der Waals surface area contributed by atoms with E-state index in [9.17, 15) is 4.79 Å². The maximum atomic E-state index is 12.7. The number of pyridine rings is 1. The predicted molar refractivity (Wildman–Crippen MR) is 133 cm³/mol. The molecule has 180 valence electrons. The molecule has 0 saturated carbocycles. The van der Waals surface area contributed by atoms with Crippen LogP contribution in [0, 0.1) is 5.92 Å². The van der Waals surface area contributed by atoms with Crippen LogP contribution in [0.25, 0.3) is 16.8 Å². The fraction of sp³-hybridized carbons (Fsp3) is 0.308. The number of methoxy groups -OCH3 is 2. The molecular formula is C26H28N6O3. The number of amides is 1. The van der Waals surface area contributed by atoms with E-state index in [1.165, 1.54) is 0 Å². The zero-order valence-corrected chi connectivity index (χ0v) is 19.8. The summed E-state index contributed by atoms with van der Waals surface area (Å²) < 4.78 is 12.6. The molecule has 0 spiro atoms. The lowest BCUT2D eigenvalue weighted by Gasteiger charge is -2.32. The van der Waals surface area contributed by atoms with E-state index in [0.717, 1.165) is 54.1 Å². The second kappa shape index (κ2) is 10.0. The van der Waals surface area contributed by atoms with E-state index in [1.54, 1.807) is 32.8 Å². The lowest BCUT2D eigenvalue weighted by Crippen LogP contribution is -2.40. The number of nitrogens with one attached hydrogen (secondary N) is 1. The van der Waals surface area contributed by atoms with Gasteiger partial charge >= 0.3 is 0 Å². The number of nitrogens with zero attached hydrogens (tertiary/aromatic N) is 5. The Morgan fingerprint density at radius 3 is 2.66 bits per heavy atom. The molecule has 1 N–H and O–H groups in total. The topological polar surface area (TPSA) is 93.9 Å². The first-order valence-electron chi connectivity index (χ1n) is 11.6. The first kappa shape index (κ1) is 22.6. The Kier molecular flexibility index (Phi) is 6.47. The predicted octanol–water partition coefficient (Wildman–Crippen LogP) is 3.34. The number of rotatable bonds is 7. The second-order valence-electron chi connectivity index (χ2n) is 8.52. The summed E-state index contributed by atoms with van der Waals surface area (Å²) in [4.78, 5) is 23.7. The number of piperidine rings is 1. The number of carbonyl (C=O) groups excluding carboxylic acids is 1. The lowest BCUT2D eigenvalue weighted by atomic mass is 9.95. The number of aromatic nitrogens is 4. The van der Waals surface area contributed by atoms with Crippen molar-refractivity contribution in [3.8, 4) is 22.8 Å². The standard InChI is InChI=1S/C26H28N6O3/c1-34-23-6-5-20(14-24(23)35-2)21-15-22-25(28-10-13-32(22)30-21)31-11-7-19(8-12-31)26(33)29-17-18-4-3-9-27-16-18/h3-6,9-10,13-16,19H,7-8,11-12,17H2,1-2H3,(H,29,33). The number of ether oxygens (including phenoxy) is 2. The Labute approximate surface area is 203 Å². The molecule has 1 saturated heterocycles. The molecule has 3 aromatic heterocycles. The van der Waals surface area contributed by atoms with Crippen molar-refractivity contribution in [1.29, 1.82) is 0 Å².